The second-order valence-electron chi connectivity index (χ2n) is 24.5. The third-order valence-electron chi connectivity index (χ3n) is 16.5. The van der Waals surface area contributed by atoms with Crippen LogP contribution in [-0.2, 0) is 28.6 Å². The Morgan fingerprint density at radius 3 is 0.654 bits per heavy atom. The number of rotatable bonds is 67. The molecule has 0 saturated carbocycles. The van der Waals surface area contributed by atoms with E-state index in [9.17, 15) is 14.4 Å². The molecule has 0 aliphatic rings. The van der Waals surface area contributed by atoms with Crippen molar-refractivity contribution < 1.29 is 28.6 Å². The highest BCUT2D eigenvalue weighted by molar-refractivity contribution is 5.71. The maximum Gasteiger partial charge on any atom is 0.306 e. The van der Waals surface area contributed by atoms with Crippen LogP contribution in [0.15, 0.2) is 12.2 Å². The van der Waals surface area contributed by atoms with Crippen LogP contribution >= 0.6 is 0 Å². The largest absolute Gasteiger partial charge is 0.462 e. The van der Waals surface area contributed by atoms with Gasteiger partial charge in [0.25, 0.3) is 0 Å². The topological polar surface area (TPSA) is 78.9 Å². The van der Waals surface area contributed by atoms with Gasteiger partial charge in [-0.2, -0.15) is 0 Å². The second-order valence-corrected chi connectivity index (χ2v) is 24.5. The molecule has 78 heavy (non-hydrogen) atoms. The first kappa shape index (κ1) is 76.1. The first-order valence-corrected chi connectivity index (χ1v) is 35.7. The molecule has 0 aliphatic carbocycles. The van der Waals surface area contributed by atoms with Gasteiger partial charge in [-0.25, -0.2) is 0 Å². The number of hydrogen-bond donors (Lipinski definition) is 0. The van der Waals surface area contributed by atoms with E-state index in [1.807, 2.05) is 0 Å². The summed E-state index contributed by atoms with van der Waals surface area (Å²) in [5.41, 5.74) is 0. The Morgan fingerprint density at radius 1 is 0.244 bits per heavy atom. The van der Waals surface area contributed by atoms with Gasteiger partial charge in [0.2, 0.25) is 0 Å². The van der Waals surface area contributed by atoms with Crippen LogP contribution in [0, 0.1) is 0 Å². The van der Waals surface area contributed by atoms with Gasteiger partial charge in [0.05, 0.1) is 0 Å². The van der Waals surface area contributed by atoms with Gasteiger partial charge in [-0.15, -0.1) is 0 Å². The van der Waals surface area contributed by atoms with E-state index in [4.69, 9.17) is 14.2 Å². The highest BCUT2D eigenvalue weighted by Crippen LogP contribution is 2.19. The highest BCUT2D eigenvalue weighted by atomic mass is 16.6. The van der Waals surface area contributed by atoms with E-state index in [0.717, 1.165) is 64.2 Å². The minimum Gasteiger partial charge on any atom is -0.462 e. The number of hydrogen-bond acceptors (Lipinski definition) is 6. The van der Waals surface area contributed by atoms with Crippen LogP contribution in [0.4, 0.5) is 0 Å². The number of carbonyl (C=O) groups is 3. The summed E-state index contributed by atoms with van der Waals surface area (Å²) in [7, 11) is 0. The van der Waals surface area contributed by atoms with Crippen LogP contribution in [0.5, 0.6) is 0 Å². The Morgan fingerprint density at radius 2 is 0.423 bits per heavy atom. The van der Waals surface area contributed by atoms with Crippen molar-refractivity contribution in [3.8, 4) is 0 Å². The van der Waals surface area contributed by atoms with Crippen molar-refractivity contribution in [2.45, 2.75) is 419 Å². The lowest BCUT2D eigenvalue weighted by atomic mass is 10.0. The lowest BCUT2D eigenvalue weighted by Gasteiger charge is -2.18. The van der Waals surface area contributed by atoms with Crippen LogP contribution in [0.3, 0.4) is 0 Å². The van der Waals surface area contributed by atoms with Gasteiger partial charge in [0.1, 0.15) is 13.2 Å². The van der Waals surface area contributed by atoms with Crippen LogP contribution in [0.1, 0.15) is 412 Å². The lowest BCUT2D eigenvalue weighted by Crippen LogP contribution is -2.30. The molecule has 462 valence electrons. The van der Waals surface area contributed by atoms with Gasteiger partial charge in [-0.1, -0.05) is 360 Å². The van der Waals surface area contributed by atoms with Crippen LogP contribution in [-0.4, -0.2) is 37.2 Å². The van der Waals surface area contributed by atoms with Crippen LogP contribution < -0.4 is 0 Å². The van der Waals surface area contributed by atoms with E-state index in [0.29, 0.717) is 19.3 Å². The van der Waals surface area contributed by atoms with Crippen molar-refractivity contribution in [2.75, 3.05) is 13.2 Å². The number of ether oxygens (including phenoxy) is 3. The van der Waals surface area contributed by atoms with Crippen LogP contribution in [0.25, 0.3) is 0 Å². The fourth-order valence-corrected chi connectivity index (χ4v) is 11.2. The average Bonchev–Trinajstić information content (AvgIpc) is 3.44. The predicted octanol–water partition coefficient (Wildman–Crippen LogP) is 24.4. The molecular formula is C72H138O6. The van der Waals surface area contributed by atoms with E-state index >= 15 is 0 Å². The molecule has 1 unspecified atom stereocenters. The molecule has 0 aromatic carbocycles. The summed E-state index contributed by atoms with van der Waals surface area (Å²) in [6.07, 6.45) is 81.1. The van der Waals surface area contributed by atoms with E-state index in [1.54, 1.807) is 0 Å². The molecule has 0 N–H and O–H groups in total. The second kappa shape index (κ2) is 67.7. The number of allylic oxidation sites excluding steroid dienone is 2. The normalized spacial score (nSPS) is 12.0. The maximum atomic E-state index is 13.0. The molecule has 0 heterocycles. The van der Waals surface area contributed by atoms with E-state index < -0.39 is 6.10 Å². The van der Waals surface area contributed by atoms with Crippen molar-refractivity contribution >= 4 is 17.9 Å². The molecule has 0 rings (SSSR count). The van der Waals surface area contributed by atoms with Crippen molar-refractivity contribution in [2.24, 2.45) is 0 Å². The molecule has 1 atom stereocenters. The fourth-order valence-electron chi connectivity index (χ4n) is 11.2. The Hall–Kier alpha value is -1.85. The van der Waals surface area contributed by atoms with E-state index in [-0.39, 0.29) is 31.1 Å². The molecule has 0 fully saturated rings. The minimum atomic E-state index is -0.770. The summed E-state index contributed by atoms with van der Waals surface area (Å²) < 4.78 is 17.0. The summed E-state index contributed by atoms with van der Waals surface area (Å²) in [5, 5.41) is 0. The van der Waals surface area contributed by atoms with Crippen LogP contribution in [0.2, 0.25) is 0 Å². The van der Waals surface area contributed by atoms with Crippen molar-refractivity contribution in [1.29, 1.82) is 0 Å². The molecule has 0 saturated heterocycles. The molecule has 0 amide bonds. The number of esters is 3. The first-order valence-electron chi connectivity index (χ1n) is 35.7. The quantitative estimate of drug-likeness (QED) is 0.0261. The SMILES string of the molecule is CCCCCC/C=C\CCCCCCCC(=O)OCC(COC(=O)CCCCCCCCCCCCCCCCCCCCCCCCCC)OC(=O)CCCCCCCCCCCCCCCCCCCCCCCCC. The Bertz CT molecular complexity index is 1210. The molecule has 0 radical (unpaired) electrons. The maximum absolute atomic E-state index is 13.0. The van der Waals surface area contributed by atoms with Gasteiger partial charge >= 0.3 is 17.9 Å². The van der Waals surface area contributed by atoms with Gasteiger partial charge in [-0.05, 0) is 44.9 Å². The summed E-state index contributed by atoms with van der Waals surface area (Å²) in [6, 6.07) is 0. The van der Waals surface area contributed by atoms with Crippen molar-refractivity contribution in [1.82, 2.24) is 0 Å². The minimum absolute atomic E-state index is 0.0656. The Kier molecular flexibility index (Phi) is 66.0. The van der Waals surface area contributed by atoms with E-state index in [2.05, 4.69) is 32.9 Å². The van der Waals surface area contributed by atoms with E-state index in [1.165, 1.54) is 308 Å². The number of unbranched alkanes of at least 4 members (excludes halogenated alkanes) is 54. The van der Waals surface area contributed by atoms with Gasteiger partial charge in [0.15, 0.2) is 6.10 Å². The van der Waals surface area contributed by atoms with Gasteiger partial charge in [-0.3, -0.25) is 14.4 Å². The average molecular weight is 1100 g/mol. The summed E-state index contributed by atoms with van der Waals surface area (Å²) in [6.45, 7) is 6.71. The smallest absolute Gasteiger partial charge is 0.306 e. The molecule has 0 aromatic rings. The molecule has 0 spiro atoms. The van der Waals surface area contributed by atoms with Crippen molar-refractivity contribution in [3.63, 3.8) is 0 Å². The molecular weight excluding hydrogens is 961 g/mol. The Labute approximate surface area is 488 Å². The third kappa shape index (κ3) is 65.0. The number of carbonyl (C=O) groups excluding carboxylic acids is 3. The van der Waals surface area contributed by atoms with Crippen molar-refractivity contribution in [3.05, 3.63) is 12.2 Å². The molecule has 0 aliphatic heterocycles. The zero-order valence-electron chi connectivity index (χ0n) is 53.2. The molecule has 0 bridgehead atoms. The third-order valence-corrected chi connectivity index (χ3v) is 16.5. The highest BCUT2D eigenvalue weighted by Gasteiger charge is 2.19. The Balaban J connectivity index is 4.20. The zero-order chi connectivity index (χ0) is 56.4. The summed E-state index contributed by atoms with van der Waals surface area (Å²) in [4.78, 5) is 38.4. The summed E-state index contributed by atoms with van der Waals surface area (Å²) >= 11 is 0. The first-order chi connectivity index (χ1) is 38.5. The lowest BCUT2D eigenvalue weighted by molar-refractivity contribution is -0.167. The molecule has 6 heteroatoms. The standard InChI is InChI=1S/C72H138O6/c1-4-7-10-13-16-19-22-25-27-29-31-33-35-37-38-40-42-44-47-50-53-56-59-62-65-71(74)77-68-69(67-76-70(73)64-61-58-55-52-49-46-24-21-18-15-12-9-6-3)78-72(75)66-63-60-57-54-51-48-45-43-41-39-36-34-32-30-28-26-23-20-17-14-11-8-5-2/h21,24,69H,4-20,22-23,25-68H2,1-3H3/b24-21-. The summed E-state index contributed by atoms with van der Waals surface area (Å²) in [5.74, 6) is -0.839. The monoisotopic (exact) mass is 1100 g/mol. The molecule has 6 nitrogen and oxygen atoms in total. The van der Waals surface area contributed by atoms with Gasteiger partial charge in [0, 0.05) is 19.3 Å². The zero-order valence-corrected chi connectivity index (χ0v) is 53.2. The fraction of sp³-hybridized carbons (Fsp3) is 0.931. The van der Waals surface area contributed by atoms with Gasteiger partial charge < -0.3 is 14.2 Å². The predicted molar refractivity (Wildman–Crippen MR) is 340 cm³/mol. The molecule has 0 aromatic heterocycles.